The van der Waals surface area contributed by atoms with Crippen LogP contribution < -0.4 is 16.0 Å². The third-order valence-corrected chi connectivity index (χ3v) is 4.17. The fourth-order valence-corrected chi connectivity index (χ4v) is 2.85. The van der Waals surface area contributed by atoms with Crippen molar-refractivity contribution < 1.29 is 4.79 Å². The Hall–Kier alpha value is -4.11. The average Bonchev–Trinajstić information content (AvgIpc) is 3.37. The first-order chi connectivity index (χ1) is 13.6. The van der Waals surface area contributed by atoms with Crippen LogP contribution in [-0.4, -0.2) is 26.5 Å². The molecule has 9 nitrogen and oxygen atoms in total. The summed E-state index contributed by atoms with van der Waals surface area (Å²) in [5.41, 5.74) is 3.17. The average molecular weight is 372 g/mol. The van der Waals surface area contributed by atoms with Crippen molar-refractivity contribution in [3.8, 4) is 12.1 Å². The van der Waals surface area contributed by atoms with Gasteiger partial charge in [0.2, 0.25) is 5.91 Å². The summed E-state index contributed by atoms with van der Waals surface area (Å²) in [7, 11) is 0. The summed E-state index contributed by atoms with van der Waals surface area (Å²) in [6, 6.07) is 11.3. The largest absolute Gasteiger partial charge is 0.379 e. The van der Waals surface area contributed by atoms with Crippen LogP contribution in [0.1, 0.15) is 31.0 Å². The fraction of sp³-hybridized carbons (Fsp3) is 0.211. The first-order valence-electron chi connectivity index (χ1n) is 8.71. The summed E-state index contributed by atoms with van der Waals surface area (Å²) in [4.78, 5) is 15.6. The minimum Gasteiger partial charge on any atom is -0.379 e. The van der Waals surface area contributed by atoms with Crippen molar-refractivity contribution in [2.75, 3.05) is 16.0 Å². The van der Waals surface area contributed by atoms with E-state index < -0.39 is 0 Å². The summed E-state index contributed by atoms with van der Waals surface area (Å²) in [5.74, 6) is 0.252. The number of rotatable bonds is 5. The molecule has 1 aliphatic rings. The predicted octanol–water partition coefficient (Wildman–Crippen LogP) is 2.75. The standard InChI is InChI=1S/C19H16N8O/c1-11(28)23-14-4-12(8-20)5-15(6-14)25-18-7-17(24-13-2-3-13)19-22-10-16(9-21)27(19)26-18/h4-7,10,13,24H,2-3H2,1H3,(H,23,28)(H,25,26). The summed E-state index contributed by atoms with van der Waals surface area (Å²) < 4.78 is 1.48. The second kappa shape index (κ2) is 6.89. The van der Waals surface area contributed by atoms with Gasteiger partial charge in [0, 0.05) is 30.4 Å². The molecular weight excluding hydrogens is 356 g/mol. The van der Waals surface area contributed by atoms with E-state index in [1.165, 1.54) is 17.6 Å². The maximum Gasteiger partial charge on any atom is 0.221 e. The topological polar surface area (TPSA) is 131 Å². The number of hydrogen-bond acceptors (Lipinski definition) is 7. The van der Waals surface area contributed by atoms with Gasteiger partial charge in [0.15, 0.2) is 17.2 Å². The van der Waals surface area contributed by atoms with Crippen LogP contribution in [0.15, 0.2) is 30.5 Å². The predicted molar refractivity (Wildman–Crippen MR) is 103 cm³/mol. The van der Waals surface area contributed by atoms with E-state index in [1.807, 2.05) is 6.07 Å². The van der Waals surface area contributed by atoms with Gasteiger partial charge in [-0.1, -0.05) is 0 Å². The third-order valence-electron chi connectivity index (χ3n) is 4.17. The van der Waals surface area contributed by atoms with E-state index >= 15 is 0 Å². The minimum atomic E-state index is -0.228. The highest BCUT2D eigenvalue weighted by Gasteiger charge is 2.23. The Labute approximate surface area is 160 Å². The Morgan fingerprint density at radius 3 is 2.64 bits per heavy atom. The Kier molecular flexibility index (Phi) is 4.26. The molecule has 1 amide bonds. The number of benzene rings is 1. The number of carbonyl (C=O) groups excluding carboxylic acids is 1. The highest BCUT2D eigenvalue weighted by Crippen LogP contribution is 2.30. The molecule has 0 bridgehead atoms. The molecule has 0 unspecified atom stereocenters. The van der Waals surface area contributed by atoms with Gasteiger partial charge in [-0.2, -0.15) is 15.0 Å². The number of nitrogens with zero attached hydrogens (tertiary/aromatic N) is 5. The van der Waals surface area contributed by atoms with Crippen LogP contribution in [0.4, 0.5) is 22.9 Å². The maximum absolute atomic E-state index is 11.3. The Bertz CT molecular complexity index is 1160. The zero-order chi connectivity index (χ0) is 19.7. The minimum absolute atomic E-state index is 0.228. The summed E-state index contributed by atoms with van der Waals surface area (Å²) in [6.45, 7) is 1.40. The molecule has 0 atom stereocenters. The smallest absolute Gasteiger partial charge is 0.221 e. The molecule has 0 radical (unpaired) electrons. The Morgan fingerprint density at radius 2 is 1.96 bits per heavy atom. The van der Waals surface area contributed by atoms with Crippen molar-refractivity contribution in [2.24, 2.45) is 0 Å². The van der Waals surface area contributed by atoms with Gasteiger partial charge in [0.25, 0.3) is 0 Å². The molecule has 0 spiro atoms. The molecule has 0 saturated heterocycles. The molecule has 138 valence electrons. The van der Waals surface area contributed by atoms with Crippen molar-refractivity contribution >= 4 is 34.4 Å². The molecule has 3 N–H and O–H groups in total. The lowest BCUT2D eigenvalue weighted by atomic mass is 10.2. The Balaban J connectivity index is 1.74. The molecule has 1 aliphatic carbocycles. The van der Waals surface area contributed by atoms with E-state index in [0.717, 1.165) is 18.5 Å². The van der Waals surface area contributed by atoms with Crippen LogP contribution in [0, 0.1) is 22.7 Å². The van der Waals surface area contributed by atoms with Crippen LogP contribution in [0.2, 0.25) is 0 Å². The number of carbonyl (C=O) groups is 1. The number of anilines is 4. The van der Waals surface area contributed by atoms with Crippen molar-refractivity contribution in [3.05, 3.63) is 41.7 Å². The molecule has 2 aromatic heterocycles. The lowest BCUT2D eigenvalue weighted by molar-refractivity contribution is -0.114. The van der Waals surface area contributed by atoms with Crippen LogP contribution in [0.25, 0.3) is 5.65 Å². The first kappa shape index (κ1) is 17.3. The van der Waals surface area contributed by atoms with Gasteiger partial charge < -0.3 is 16.0 Å². The monoisotopic (exact) mass is 372 g/mol. The number of nitriles is 2. The molecule has 1 fully saturated rings. The second-order valence-electron chi connectivity index (χ2n) is 6.57. The number of amides is 1. The molecule has 3 aromatic rings. The van der Waals surface area contributed by atoms with Crippen molar-refractivity contribution in [1.29, 1.82) is 10.5 Å². The third kappa shape index (κ3) is 3.55. The van der Waals surface area contributed by atoms with E-state index in [2.05, 4.69) is 38.2 Å². The molecule has 1 aromatic carbocycles. The lowest BCUT2D eigenvalue weighted by Gasteiger charge is -2.12. The van der Waals surface area contributed by atoms with E-state index in [-0.39, 0.29) is 5.91 Å². The molecule has 2 heterocycles. The van der Waals surface area contributed by atoms with E-state index in [1.54, 1.807) is 18.2 Å². The molecular formula is C19H16N8O. The summed E-state index contributed by atoms with van der Waals surface area (Å²) in [5, 5.41) is 32.2. The van der Waals surface area contributed by atoms with Crippen molar-refractivity contribution in [3.63, 3.8) is 0 Å². The number of hydrogen-bond donors (Lipinski definition) is 3. The van der Waals surface area contributed by atoms with Gasteiger partial charge in [0.1, 0.15) is 6.07 Å². The van der Waals surface area contributed by atoms with Crippen LogP contribution in [0.5, 0.6) is 0 Å². The lowest BCUT2D eigenvalue weighted by Crippen LogP contribution is -2.08. The first-order valence-corrected chi connectivity index (χ1v) is 8.71. The summed E-state index contributed by atoms with van der Waals surface area (Å²) in [6.07, 6.45) is 3.66. The SMILES string of the molecule is CC(=O)Nc1cc(C#N)cc(Nc2cc(NC3CC3)c3ncc(C#N)n3n2)c1. The second-order valence-corrected chi connectivity index (χ2v) is 6.57. The van der Waals surface area contributed by atoms with Gasteiger partial charge in [0.05, 0.1) is 23.5 Å². The quantitative estimate of drug-likeness (QED) is 0.627. The molecule has 28 heavy (non-hydrogen) atoms. The van der Waals surface area contributed by atoms with E-state index in [0.29, 0.717) is 40.1 Å². The maximum atomic E-state index is 11.3. The highest BCUT2D eigenvalue weighted by molar-refractivity contribution is 5.89. The Morgan fingerprint density at radius 1 is 1.18 bits per heavy atom. The number of fused-ring (bicyclic) bond motifs is 1. The van der Waals surface area contributed by atoms with Gasteiger partial charge >= 0.3 is 0 Å². The summed E-state index contributed by atoms with van der Waals surface area (Å²) >= 11 is 0. The molecule has 9 heteroatoms. The van der Waals surface area contributed by atoms with Gasteiger partial charge in [-0.05, 0) is 31.0 Å². The van der Waals surface area contributed by atoms with Crippen LogP contribution in [0.3, 0.4) is 0 Å². The highest BCUT2D eigenvalue weighted by atomic mass is 16.1. The van der Waals surface area contributed by atoms with E-state index in [4.69, 9.17) is 0 Å². The number of aromatic nitrogens is 3. The molecule has 0 aliphatic heterocycles. The zero-order valence-electron chi connectivity index (χ0n) is 15.0. The molecule has 4 rings (SSSR count). The van der Waals surface area contributed by atoms with Gasteiger partial charge in [-0.3, -0.25) is 4.79 Å². The number of nitrogens with one attached hydrogen (secondary N) is 3. The van der Waals surface area contributed by atoms with Crippen molar-refractivity contribution in [1.82, 2.24) is 14.6 Å². The van der Waals surface area contributed by atoms with Crippen LogP contribution >= 0.6 is 0 Å². The van der Waals surface area contributed by atoms with Crippen molar-refractivity contribution in [2.45, 2.75) is 25.8 Å². The normalized spacial score (nSPS) is 12.8. The van der Waals surface area contributed by atoms with Gasteiger partial charge in [-0.15, -0.1) is 5.10 Å². The molecule has 1 saturated carbocycles. The van der Waals surface area contributed by atoms with E-state index in [9.17, 15) is 15.3 Å². The number of imidazole rings is 1. The van der Waals surface area contributed by atoms with Gasteiger partial charge in [-0.25, -0.2) is 4.98 Å². The fourth-order valence-electron chi connectivity index (χ4n) is 2.85. The van der Waals surface area contributed by atoms with Crippen LogP contribution in [-0.2, 0) is 4.79 Å². The zero-order valence-corrected chi connectivity index (χ0v) is 15.0.